The Morgan fingerprint density at radius 1 is 1.02 bits per heavy atom. The number of benzene rings is 3. The molecule has 1 saturated heterocycles. The summed E-state index contributed by atoms with van der Waals surface area (Å²) in [5.41, 5.74) is 7.92. The maximum Gasteiger partial charge on any atom is 0.410 e. The summed E-state index contributed by atoms with van der Waals surface area (Å²) < 4.78 is 6.89. The highest BCUT2D eigenvalue weighted by atomic mass is 79.9. The van der Waals surface area contributed by atoms with Crippen molar-refractivity contribution in [3.63, 3.8) is 0 Å². The van der Waals surface area contributed by atoms with E-state index in [4.69, 9.17) is 9.57 Å². The number of ether oxygens (including phenoxy) is 1. The first-order valence-corrected chi connectivity index (χ1v) is 17.2. The molecule has 48 heavy (non-hydrogen) atoms. The van der Waals surface area contributed by atoms with Crippen molar-refractivity contribution in [3.05, 3.63) is 100 Å². The molecule has 3 atom stereocenters. The second-order valence-electron chi connectivity index (χ2n) is 13.0. The van der Waals surface area contributed by atoms with Crippen molar-refractivity contribution in [2.24, 2.45) is 0 Å². The SMILES string of the molecule is CCC[C@H](NC(=O)[C@@H]1C[C@]2(C=C(c3cccc(Br)c3)NO2)CN1C(=O)OCC1c2ccccc2-c2ccccc21)C(=O)C(=O)NC1CC1. The van der Waals surface area contributed by atoms with Crippen LogP contribution in [0.1, 0.15) is 61.6 Å². The molecular formula is C37H37BrN4O6. The largest absolute Gasteiger partial charge is 0.448 e. The van der Waals surface area contributed by atoms with E-state index in [-0.39, 0.29) is 38.0 Å². The predicted octanol–water partition coefficient (Wildman–Crippen LogP) is 5.22. The molecule has 7 rings (SSSR count). The van der Waals surface area contributed by atoms with Crippen molar-refractivity contribution in [3.8, 4) is 11.1 Å². The van der Waals surface area contributed by atoms with Crippen LogP contribution in [0, 0.1) is 0 Å². The maximum atomic E-state index is 14.0. The quantitative estimate of drug-likeness (QED) is 0.246. The number of hydrogen-bond acceptors (Lipinski definition) is 7. The number of carbonyl (C=O) groups is 4. The van der Waals surface area contributed by atoms with Gasteiger partial charge in [0.15, 0.2) is 0 Å². The van der Waals surface area contributed by atoms with E-state index >= 15 is 0 Å². The number of nitrogens with zero attached hydrogens (tertiary/aromatic N) is 1. The van der Waals surface area contributed by atoms with Gasteiger partial charge in [0.1, 0.15) is 18.2 Å². The Labute approximate surface area is 287 Å². The topological polar surface area (TPSA) is 126 Å². The molecule has 3 N–H and O–H groups in total. The van der Waals surface area contributed by atoms with Gasteiger partial charge in [-0.1, -0.05) is 89.9 Å². The first-order valence-electron chi connectivity index (χ1n) is 16.4. The Hall–Kier alpha value is -4.48. The van der Waals surface area contributed by atoms with Crippen LogP contribution in [0.5, 0.6) is 0 Å². The number of fused-ring (bicyclic) bond motifs is 3. The number of hydroxylamine groups is 1. The molecule has 248 valence electrons. The van der Waals surface area contributed by atoms with Crippen LogP contribution in [0.25, 0.3) is 16.8 Å². The number of carbonyl (C=O) groups excluding carboxylic acids is 4. The molecule has 2 heterocycles. The van der Waals surface area contributed by atoms with E-state index in [0.717, 1.165) is 45.1 Å². The van der Waals surface area contributed by atoms with Gasteiger partial charge in [-0.3, -0.25) is 29.6 Å². The highest BCUT2D eigenvalue weighted by Crippen LogP contribution is 2.45. The molecule has 0 unspecified atom stereocenters. The molecule has 0 bridgehead atoms. The monoisotopic (exact) mass is 712 g/mol. The van der Waals surface area contributed by atoms with E-state index in [2.05, 4.69) is 44.2 Å². The summed E-state index contributed by atoms with van der Waals surface area (Å²) in [5.74, 6) is -2.08. The van der Waals surface area contributed by atoms with E-state index in [0.29, 0.717) is 12.1 Å². The van der Waals surface area contributed by atoms with Crippen LogP contribution in [0.15, 0.2) is 83.3 Å². The van der Waals surface area contributed by atoms with Gasteiger partial charge < -0.3 is 15.4 Å². The van der Waals surface area contributed by atoms with Gasteiger partial charge in [-0.05, 0) is 59.7 Å². The minimum atomic E-state index is -1.03. The molecule has 2 aliphatic carbocycles. The molecule has 2 fully saturated rings. The summed E-state index contributed by atoms with van der Waals surface area (Å²) in [5, 5.41) is 5.52. The molecule has 11 heteroatoms. The van der Waals surface area contributed by atoms with Crippen molar-refractivity contribution in [1.29, 1.82) is 0 Å². The standard InChI is InChI=1S/C37H37BrN4O6/c1-2-8-30(33(43)35(45)39-24-15-16-24)40-34(44)32-19-37(18-31(41-48-37)22-9-7-10-23(38)17-22)21-42(32)36(46)47-20-29-27-13-5-3-11-25(27)26-12-4-6-14-28(26)29/h3-7,9-14,17-18,24,29-30,32,41H,2,8,15-16,19-21H2,1H3,(H,39,45)(H,40,44)/t30-,32-,37+/m0/s1. The van der Waals surface area contributed by atoms with Gasteiger partial charge in [0.05, 0.1) is 18.3 Å². The lowest BCUT2D eigenvalue weighted by Crippen LogP contribution is -2.53. The Balaban J connectivity index is 1.13. The van der Waals surface area contributed by atoms with E-state index in [1.54, 1.807) is 0 Å². The second kappa shape index (κ2) is 13.2. The number of ketones is 1. The summed E-state index contributed by atoms with van der Waals surface area (Å²) in [7, 11) is 0. The number of rotatable bonds is 10. The summed E-state index contributed by atoms with van der Waals surface area (Å²) in [4.78, 5) is 61.2. The zero-order valence-electron chi connectivity index (χ0n) is 26.5. The lowest BCUT2D eigenvalue weighted by Gasteiger charge is -2.26. The lowest BCUT2D eigenvalue weighted by atomic mass is 9.97. The number of nitrogens with one attached hydrogen (secondary N) is 3. The molecule has 1 spiro atoms. The molecule has 10 nitrogen and oxygen atoms in total. The highest BCUT2D eigenvalue weighted by Gasteiger charge is 2.52. The Bertz CT molecular complexity index is 1760. The summed E-state index contributed by atoms with van der Waals surface area (Å²) in [6, 6.07) is 21.9. The minimum absolute atomic E-state index is 0.0106. The first-order chi connectivity index (χ1) is 23.2. The van der Waals surface area contributed by atoms with E-state index in [1.165, 1.54) is 4.90 Å². The van der Waals surface area contributed by atoms with Crippen LogP contribution in [-0.4, -0.2) is 65.5 Å². The van der Waals surface area contributed by atoms with Crippen LogP contribution in [-0.2, 0) is 24.0 Å². The van der Waals surface area contributed by atoms with Crippen LogP contribution in [0.4, 0.5) is 4.79 Å². The van der Waals surface area contributed by atoms with Crippen molar-refractivity contribution in [1.82, 2.24) is 21.0 Å². The van der Waals surface area contributed by atoms with Gasteiger partial charge in [-0.25, -0.2) is 4.79 Å². The van der Waals surface area contributed by atoms with Crippen molar-refractivity contribution < 1.29 is 28.8 Å². The fourth-order valence-corrected chi connectivity index (χ4v) is 7.33. The molecule has 1 saturated carbocycles. The van der Waals surface area contributed by atoms with Gasteiger partial charge in [-0.2, -0.15) is 0 Å². The molecule has 0 radical (unpaired) electrons. The van der Waals surface area contributed by atoms with Crippen molar-refractivity contribution in [2.75, 3.05) is 13.2 Å². The second-order valence-corrected chi connectivity index (χ2v) is 13.9. The number of hydrogen-bond donors (Lipinski definition) is 3. The first kappa shape index (κ1) is 32.1. The van der Waals surface area contributed by atoms with E-state index in [1.807, 2.05) is 73.7 Å². The smallest absolute Gasteiger partial charge is 0.410 e. The number of likely N-dealkylation sites (tertiary alicyclic amines) is 1. The van der Waals surface area contributed by atoms with Crippen LogP contribution in [0.3, 0.4) is 0 Å². The third-order valence-electron chi connectivity index (χ3n) is 9.48. The van der Waals surface area contributed by atoms with Gasteiger partial charge >= 0.3 is 6.09 Å². The maximum absolute atomic E-state index is 14.0. The van der Waals surface area contributed by atoms with Crippen LogP contribution in [0.2, 0.25) is 0 Å². The summed E-state index contributed by atoms with van der Waals surface area (Å²) in [6.07, 6.45) is 3.89. The molecule has 3 amide bonds. The molecule has 4 aliphatic rings. The van der Waals surface area contributed by atoms with E-state index in [9.17, 15) is 19.2 Å². The lowest BCUT2D eigenvalue weighted by molar-refractivity contribution is -0.140. The summed E-state index contributed by atoms with van der Waals surface area (Å²) in [6.45, 7) is 2.01. The fraction of sp³-hybridized carbons (Fsp3) is 0.351. The van der Waals surface area contributed by atoms with Gasteiger partial charge in [0, 0.05) is 28.4 Å². The van der Waals surface area contributed by atoms with Crippen LogP contribution < -0.4 is 16.1 Å². The van der Waals surface area contributed by atoms with E-state index < -0.39 is 41.4 Å². The van der Waals surface area contributed by atoms with Gasteiger partial charge in [-0.15, -0.1) is 0 Å². The predicted molar refractivity (Wildman–Crippen MR) is 182 cm³/mol. The molecule has 3 aromatic rings. The zero-order valence-corrected chi connectivity index (χ0v) is 28.1. The molecule has 3 aromatic carbocycles. The summed E-state index contributed by atoms with van der Waals surface area (Å²) >= 11 is 3.51. The Morgan fingerprint density at radius 3 is 2.40 bits per heavy atom. The Kier molecular flexibility index (Phi) is 8.82. The third kappa shape index (κ3) is 6.36. The third-order valence-corrected chi connectivity index (χ3v) is 9.97. The molecular weight excluding hydrogens is 676 g/mol. The average molecular weight is 714 g/mol. The number of halogens is 1. The Morgan fingerprint density at radius 2 is 1.73 bits per heavy atom. The minimum Gasteiger partial charge on any atom is -0.448 e. The number of amides is 3. The zero-order chi connectivity index (χ0) is 33.4. The van der Waals surface area contributed by atoms with Crippen LogP contribution >= 0.6 is 15.9 Å². The fourth-order valence-electron chi connectivity index (χ4n) is 6.93. The highest BCUT2D eigenvalue weighted by molar-refractivity contribution is 9.10. The molecule has 2 aliphatic heterocycles. The normalized spacial score (nSPS) is 21.6. The molecule has 0 aromatic heterocycles. The van der Waals surface area contributed by atoms with Gasteiger partial charge in [0.25, 0.3) is 5.91 Å². The van der Waals surface area contributed by atoms with Gasteiger partial charge in [0.2, 0.25) is 11.7 Å². The van der Waals surface area contributed by atoms with Crippen molar-refractivity contribution >= 4 is 45.3 Å². The average Bonchev–Trinajstić information content (AvgIpc) is 3.55. The van der Waals surface area contributed by atoms with Crippen molar-refractivity contribution in [2.45, 2.75) is 68.7 Å². The number of Topliss-reactive ketones (excluding diaryl/α,β-unsaturated/α-hetero) is 1.